The van der Waals surface area contributed by atoms with E-state index < -0.39 is 11.7 Å². The van der Waals surface area contributed by atoms with E-state index in [1.54, 1.807) is 19.9 Å². The van der Waals surface area contributed by atoms with Crippen molar-refractivity contribution in [3.05, 3.63) is 53.1 Å². The number of nitrogens with one attached hydrogen (secondary N) is 1. The lowest BCUT2D eigenvalue weighted by Gasteiger charge is -2.06. The number of halogens is 1. The van der Waals surface area contributed by atoms with Crippen molar-refractivity contribution in [3.8, 4) is 0 Å². The summed E-state index contributed by atoms with van der Waals surface area (Å²) in [6, 6.07) is 6.88. The molecule has 0 unspecified atom stereocenters. The summed E-state index contributed by atoms with van der Waals surface area (Å²) < 4.78 is 14.0. The molecular weight excluding hydrogens is 261 g/mol. The molecule has 0 spiro atoms. The first-order valence-electron chi connectivity index (χ1n) is 6.07. The van der Waals surface area contributed by atoms with Gasteiger partial charge in [-0.25, -0.2) is 9.07 Å². The second kappa shape index (κ2) is 5.64. The average molecular weight is 275 g/mol. The van der Waals surface area contributed by atoms with Crippen molar-refractivity contribution in [2.75, 3.05) is 6.54 Å². The smallest absolute Gasteiger partial charge is 0.266 e. The Balaban J connectivity index is 1.98. The van der Waals surface area contributed by atoms with Crippen molar-refractivity contribution in [2.45, 2.75) is 13.8 Å². The Morgan fingerprint density at radius 3 is 2.45 bits per heavy atom. The van der Waals surface area contributed by atoms with Gasteiger partial charge in [-0.1, -0.05) is 0 Å². The summed E-state index contributed by atoms with van der Waals surface area (Å²) in [5, 5.41) is 6.52. The zero-order valence-corrected chi connectivity index (χ0v) is 11.2. The Hall–Kier alpha value is -2.50. The topological polar surface area (TPSA) is 64.0 Å². The van der Waals surface area contributed by atoms with Crippen molar-refractivity contribution in [2.24, 2.45) is 0 Å². The van der Waals surface area contributed by atoms with Crippen LogP contribution in [-0.4, -0.2) is 28.1 Å². The molecule has 1 heterocycles. The summed E-state index contributed by atoms with van der Waals surface area (Å²) in [6.07, 6.45) is 0. The molecule has 1 amide bonds. The molecule has 1 aromatic heterocycles. The van der Waals surface area contributed by atoms with E-state index in [4.69, 9.17) is 0 Å². The Bertz CT molecular complexity index is 647. The third-order valence-corrected chi connectivity index (χ3v) is 2.75. The third kappa shape index (κ3) is 3.09. The Morgan fingerprint density at radius 2 is 1.90 bits per heavy atom. The van der Waals surface area contributed by atoms with Gasteiger partial charge in [0.25, 0.3) is 11.8 Å². The molecule has 0 bridgehead atoms. The minimum Gasteiger partial charge on any atom is -0.343 e. The van der Waals surface area contributed by atoms with Crippen LogP contribution in [0, 0.1) is 19.7 Å². The zero-order valence-electron chi connectivity index (χ0n) is 11.2. The number of aromatic nitrogens is 2. The van der Waals surface area contributed by atoms with Crippen molar-refractivity contribution >= 4 is 11.8 Å². The predicted molar refractivity (Wildman–Crippen MR) is 71.1 cm³/mol. The largest absolute Gasteiger partial charge is 0.343 e. The molecule has 1 aromatic carbocycles. The van der Waals surface area contributed by atoms with Crippen LogP contribution in [0.3, 0.4) is 0 Å². The molecule has 2 aromatic rings. The third-order valence-electron chi connectivity index (χ3n) is 2.75. The SMILES string of the molecule is Cc1cc(C)n(C(=O)CNC(=O)c2ccc(F)cc2)n1. The van der Waals surface area contributed by atoms with Gasteiger partial charge < -0.3 is 5.32 Å². The van der Waals surface area contributed by atoms with Gasteiger partial charge in [-0.05, 0) is 44.2 Å². The van der Waals surface area contributed by atoms with Crippen LogP contribution in [0.2, 0.25) is 0 Å². The lowest BCUT2D eigenvalue weighted by molar-refractivity contribution is 0.0848. The van der Waals surface area contributed by atoms with Gasteiger partial charge in [0, 0.05) is 11.3 Å². The second-order valence-corrected chi connectivity index (χ2v) is 4.42. The minimum atomic E-state index is -0.431. The molecule has 0 fully saturated rings. The standard InChI is InChI=1S/C14H14FN3O2/c1-9-7-10(2)18(17-9)13(19)8-16-14(20)11-3-5-12(15)6-4-11/h3-7H,8H2,1-2H3,(H,16,20). The highest BCUT2D eigenvalue weighted by atomic mass is 19.1. The maximum absolute atomic E-state index is 12.7. The number of nitrogens with zero attached hydrogens (tertiary/aromatic N) is 2. The summed E-state index contributed by atoms with van der Waals surface area (Å²) in [7, 11) is 0. The molecule has 104 valence electrons. The Kier molecular flexibility index (Phi) is 3.93. The van der Waals surface area contributed by atoms with Crippen LogP contribution in [0.25, 0.3) is 0 Å². The minimum absolute atomic E-state index is 0.168. The molecule has 0 aliphatic carbocycles. The lowest BCUT2D eigenvalue weighted by Crippen LogP contribution is -2.33. The highest BCUT2D eigenvalue weighted by Crippen LogP contribution is 2.03. The molecule has 20 heavy (non-hydrogen) atoms. The van der Waals surface area contributed by atoms with Gasteiger partial charge in [-0.2, -0.15) is 5.10 Å². The van der Waals surface area contributed by atoms with Gasteiger partial charge in [0.1, 0.15) is 5.82 Å². The van der Waals surface area contributed by atoms with E-state index in [0.29, 0.717) is 11.3 Å². The summed E-state index contributed by atoms with van der Waals surface area (Å²) in [6.45, 7) is 3.38. The predicted octanol–water partition coefficient (Wildman–Crippen LogP) is 1.71. The molecule has 2 rings (SSSR count). The summed E-state index contributed by atoms with van der Waals surface area (Å²) in [5.74, 6) is -1.17. The zero-order chi connectivity index (χ0) is 14.7. The Labute approximate surface area is 115 Å². The van der Waals surface area contributed by atoms with Crippen LogP contribution in [0.15, 0.2) is 30.3 Å². The molecule has 0 saturated heterocycles. The van der Waals surface area contributed by atoms with Crippen LogP contribution in [0.1, 0.15) is 26.5 Å². The molecule has 0 aliphatic heterocycles. The van der Waals surface area contributed by atoms with E-state index in [1.807, 2.05) is 0 Å². The van der Waals surface area contributed by atoms with E-state index in [1.165, 1.54) is 28.9 Å². The van der Waals surface area contributed by atoms with Crippen LogP contribution in [-0.2, 0) is 0 Å². The number of carbonyl (C=O) groups is 2. The summed E-state index contributed by atoms with van der Waals surface area (Å²) in [4.78, 5) is 23.7. The fourth-order valence-corrected chi connectivity index (χ4v) is 1.82. The van der Waals surface area contributed by atoms with E-state index in [-0.39, 0.29) is 12.5 Å². The van der Waals surface area contributed by atoms with Crippen molar-refractivity contribution < 1.29 is 14.0 Å². The summed E-state index contributed by atoms with van der Waals surface area (Å²) in [5.41, 5.74) is 1.75. The maximum atomic E-state index is 12.7. The van der Waals surface area contributed by atoms with Crippen molar-refractivity contribution in [1.82, 2.24) is 15.1 Å². The van der Waals surface area contributed by atoms with Crippen molar-refractivity contribution in [1.29, 1.82) is 0 Å². The molecule has 1 N–H and O–H groups in total. The number of hydrogen-bond acceptors (Lipinski definition) is 3. The Morgan fingerprint density at radius 1 is 1.25 bits per heavy atom. The van der Waals surface area contributed by atoms with Crippen LogP contribution in [0.4, 0.5) is 4.39 Å². The van der Waals surface area contributed by atoms with Crippen LogP contribution >= 0.6 is 0 Å². The second-order valence-electron chi connectivity index (χ2n) is 4.42. The molecular formula is C14H14FN3O2. The normalized spacial score (nSPS) is 10.3. The highest BCUT2D eigenvalue weighted by molar-refractivity contribution is 5.96. The number of amides is 1. The molecule has 6 heteroatoms. The molecule has 0 saturated carbocycles. The highest BCUT2D eigenvalue weighted by Gasteiger charge is 2.12. The van der Waals surface area contributed by atoms with E-state index in [2.05, 4.69) is 10.4 Å². The fraction of sp³-hybridized carbons (Fsp3) is 0.214. The first-order chi connectivity index (χ1) is 9.47. The van der Waals surface area contributed by atoms with Gasteiger partial charge in [0.2, 0.25) is 0 Å². The maximum Gasteiger partial charge on any atom is 0.266 e. The van der Waals surface area contributed by atoms with E-state index in [0.717, 1.165) is 5.69 Å². The first-order valence-corrected chi connectivity index (χ1v) is 6.07. The lowest BCUT2D eigenvalue weighted by atomic mass is 10.2. The van der Waals surface area contributed by atoms with Gasteiger partial charge in [-0.15, -0.1) is 0 Å². The average Bonchev–Trinajstić information content (AvgIpc) is 2.75. The number of benzene rings is 1. The molecule has 0 atom stereocenters. The number of aryl methyl sites for hydroxylation is 2. The first kappa shape index (κ1) is 13.9. The van der Waals surface area contributed by atoms with Crippen LogP contribution < -0.4 is 5.32 Å². The van der Waals surface area contributed by atoms with Gasteiger partial charge >= 0.3 is 0 Å². The molecule has 5 nitrogen and oxygen atoms in total. The quantitative estimate of drug-likeness (QED) is 0.927. The van der Waals surface area contributed by atoms with Gasteiger partial charge in [0.15, 0.2) is 0 Å². The van der Waals surface area contributed by atoms with Crippen LogP contribution in [0.5, 0.6) is 0 Å². The van der Waals surface area contributed by atoms with Crippen molar-refractivity contribution in [3.63, 3.8) is 0 Å². The molecule has 0 radical (unpaired) electrons. The van der Waals surface area contributed by atoms with Gasteiger partial charge in [-0.3, -0.25) is 9.59 Å². The van der Waals surface area contributed by atoms with E-state index in [9.17, 15) is 14.0 Å². The number of carbonyl (C=O) groups excluding carboxylic acids is 2. The number of hydrogen-bond donors (Lipinski definition) is 1. The fourth-order valence-electron chi connectivity index (χ4n) is 1.82. The monoisotopic (exact) mass is 275 g/mol. The summed E-state index contributed by atoms with van der Waals surface area (Å²) >= 11 is 0. The molecule has 0 aliphatic rings. The number of rotatable bonds is 3. The van der Waals surface area contributed by atoms with E-state index >= 15 is 0 Å². The van der Waals surface area contributed by atoms with Gasteiger partial charge in [0.05, 0.1) is 12.2 Å².